The van der Waals surface area contributed by atoms with Crippen molar-refractivity contribution in [1.29, 1.82) is 0 Å². The fourth-order valence-electron chi connectivity index (χ4n) is 7.18. The number of amides is 2. The molecule has 4 N–H and O–H groups in total. The van der Waals surface area contributed by atoms with E-state index in [1.807, 2.05) is 61.7 Å². The largest absolute Gasteiger partial charge is 0.493 e. The zero-order valence-corrected chi connectivity index (χ0v) is 28.8. The quantitative estimate of drug-likeness (QED) is 0.159. The summed E-state index contributed by atoms with van der Waals surface area (Å²) in [5, 5.41) is 15.6. The van der Waals surface area contributed by atoms with Gasteiger partial charge in [-0.15, -0.1) is 11.3 Å². The second-order valence-electron chi connectivity index (χ2n) is 12.8. The molecule has 2 amide bonds. The summed E-state index contributed by atoms with van der Waals surface area (Å²) in [4.78, 5) is 48.5. The number of thiophene rings is 1. The number of rotatable bonds is 7. The number of carbonyl (C=O) groups is 3. The standard InChI is InChI=1S/C40H38N4O5S/c1-23-18-25(22-41)19-24(2)35(23)43-38(45)30-20-31-34(49-16-13-27-14-17-50-37(27)31)21-29(30)28-11-12-32(42-36(28)40(47)48)39(46)44-15-7-6-10-33(44)26-8-4-3-5-9-26/h3-5,8-9,11-12,14,17-21,33H,6-7,10,13,15-16,22,41H2,1-2H3,(H,43,45)(H,47,48)/t33-/m1/s1. The monoisotopic (exact) mass is 686 g/mol. The maximum Gasteiger partial charge on any atom is 0.355 e. The first-order valence-corrected chi connectivity index (χ1v) is 17.7. The van der Waals surface area contributed by atoms with Crippen LogP contribution in [-0.4, -0.2) is 45.9 Å². The Bertz CT molecular complexity index is 2100. The lowest BCUT2D eigenvalue weighted by molar-refractivity contribution is 0.0604. The van der Waals surface area contributed by atoms with Gasteiger partial charge in [-0.3, -0.25) is 9.59 Å². The normalized spacial score (nSPS) is 15.3. The van der Waals surface area contributed by atoms with Crippen LogP contribution in [0.3, 0.4) is 0 Å². The van der Waals surface area contributed by atoms with Gasteiger partial charge in [0.15, 0.2) is 5.69 Å². The van der Waals surface area contributed by atoms with Crippen molar-refractivity contribution in [2.75, 3.05) is 18.5 Å². The minimum absolute atomic E-state index is 0.0421. The number of piperidine rings is 1. The number of nitrogens with zero attached hydrogens (tertiary/aromatic N) is 2. The van der Waals surface area contributed by atoms with E-state index in [4.69, 9.17) is 10.5 Å². The van der Waals surface area contributed by atoms with Crippen molar-refractivity contribution in [2.24, 2.45) is 5.73 Å². The zero-order chi connectivity index (χ0) is 34.9. The highest BCUT2D eigenvalue weighted by Gasteiger charge is 2.31. The van der Waals surface area contributed by atoms with Crippen LogP contribution in [0.1, 0.15) is 84.5 Å². The fourth-order valence-corrected chi connectivity index (χ4v) is 8.15. The van der Waals surface area contributed by atoms with Gasteiger partial charge in [0.05, 0.1) is 12.6 Å². The van der Waals surface area contributed by atoms with Crippen molar-refractivity contribution in [2.45, 2.75) is 52.1 Å². The Morgan fingerprint density at radius 3 is 2.50 bits per heavy atom. The van der Waals surface area contributed by atoms with Crippen molar-refractivity contribution in [3.05, 3.63) is 123 Å². The van der Waals surface area contributed by atoms with E-state index < -0.39 is 11.9 Å². The van der Waals surface area contributed by atoms with Crippen LogP contribution in [0.4, 0.5) is 5.69 Å². The highest BCUT2D eigenvalue weighted by atomic mass is 32.1. The van der Waals surface area contributed by atoms with Crippen molar-refractivity contribution < 1.29 is 24.2 Å². The van der Waals surface area contributed by atoms with Gasteiger partial charge in [0, 0.05) is 52.3 Å². The lowest BCUT2D eigenvalue weighted by atomic mass is 9.93. The number of benzene rings is 3. The average molecular weight is 687 g/mol. The summed E-state index contributed by atoms with van der Waals surface area (Å²) in [6.07, 6.45) is 3.36. The fraction of sp³-hybridized carbons (Fsp3) is 0.250. The lowest BCUT2D eigenvalue weighted by Gasteiger charge is -2.36. The average Bonchev–Trinajstić information content (AvgIpc) is 3.53. The molecule has 5 aromatic rings. The number of hydrogen-bond acceptors (Lipinski definition) is 7. The molecule has 1 saturated heterocycles. The van der Waals surface area contributed by atoms with Crippen LogP contribution in [-0.2, 0) is 13.0 Å². The highest BCUT2D eigenvalue weighted by Crippen LogP contribution is 2.43. The lowest BCUT2D eigenvalue weighted by Crippen LogP contribution is -2.39. The maximum atomic E-state index is 14.3. The predicted molar refractivity (Wildman–Crippen MR) is 195 cm³/mol. The second kappa shape index (κ2) is 13.9. The number of aryl methyl sites for hydroxylation is 2. The molecular formula is C40H38N4O5S. The van der Waals surface area contributed by atoms with Gasteiger partial charge in [-0.1, -0.05) is 42.5 Å². The number of nitrogens with two attached hydrogens (primary N) is 1. The molecular weight excluding hydrogens is 649 g/mol. The van der Waals surface area contributed by atoms with E-state index in [0.29, 0.717) is 43.1 Å². The number of pyridine rings is 1. The molecule has 10 heteroatoms. The Morgan fingerprint density at radius 1 is 0.980 bits per heavy atom. The van der Waals surface area contributed by atoms with Crippen LogP contribution in [0.2, 0.25) is 0 Å². The zero-order valence-electron chi connectivity index (χ0n) is 28.0. The van der Waals surface area contributed by atoms with E-state index in [0.717, 1.165) is 57.5 Å². The summed E-state index contributed by atoms with van der Waals surface area (Å²) < 4.78 is 6.20. The van der Waals surface area contributed by atoms with Gasteiger partial charge in [0.25, 0.3) is 11.8 Å². The molecule has 1 atom stereocenters. The molecule has 50 heavy (non-hydrogen) atoms. The number of aromatic carboxylic acids is 1. The van der Waals surface area contributed by atoms with Crippen LogP contribution in [0.15, 0.2) is 78.2 Å². The number of anilines is 1. The topological polar surface area (TPSA) is 135 Å². The van der Waals surface area contributed by atoms with E-state index in [-0.39, 0.29) is 34.5 Å². The van der Waals surface area contributed by atoms with E-state index in [1.165, 1.54) is 0 Å². The number of nitrogens with one attached hydrogen (secondary N) is 1. The molecule has 0 unspecified atom stereocenters. The van der Waals surface area contributed by atoms with E-state index in [1.54, 1.807) is 40.5 Å². The first-order chi connectivity index (χ1) is 24.2. The second-order valence-corrected chi connectivity index (χ2v) is 13.8. The number of likely N-dealkylation sites (tertiary alicyclic amines) is 1. The van der Waals surface area contributed by atoms with Crippen molar-refractivity contribution in [3.8, 4) is 27.3 Å². The Balaban J connectivity index is 1.33. The third kappa shape index (κ3) is 6.28. The number of carboxylic acids is 1. The molecule has 0 spiro atoms. The molecule has 2 aliphatic heterocycles. The third-order valence-electron chi connectivity index (χ3n) is 9.61. The van der Waals surface area contributed by atoms with E-state index >= 15 is 0 Å². The van der Waals surface area contributed by atoms with Crippen molar-refractivity contribution in [3.63, 3.8) is 0 Å². The molecule has 4 heterocycles. The molecule has 0 saturated carbocycles. The molecule has 7 rings (SSSR count). The van der Waals surface area contributed by atoms with E-state index in [9.17, 15) is 19.5 Å². The molecule has 3 aromatic carbocycles. The Morgan fingerprint density at radius 2 is 1.76 bits per heavy atom. The smallest absolute Gasteiger partial charge is 0.355 e. The minimum atomic E-state index is -1.31. The molecule has 0 aliphatic carbocycles. The summed E-state index contributed by atoms with van der Waals surface area (Å²) in [6, 6.07) is 22.4. The first kappa shape index (κ1) is 33.2. The number of ether oxygens (including phenoxy) is 1. The molecule has 0 radical (unpaired) electrons. The summed E-state index contributed by atoms with van der Waals surface area (Å²) in [5.41, 5.74) is 12.7. The van der Waals surface area contributed by atoms with Crippen LogP contribution in [0.25, 0.3) is 21.6 Å². The molecule has 2 aromatic heterocycles. The van der Waals surface area contributed by atoms with Crippen molar-refractivity contribution >= 4 is 34.8 Å². The minimum Gasteiger partial charge on any atom is -0.493 e. The molecule has 2 aliphatic rings. The summed E-state index contributed by atoms with van der Waals surface area (Å²) in [5.74, 6) is -1.49. The van der Waals surface area contributed by atoms with Crippen molar-refractivity contribution in [1.82, 2.24) is 9.88 Å². The molecule has 254 valence electrons. The van der Waals surface area contributed by atoms with Gasteiger partial charge in [-0.05, 0) is 96.6 Å². The Hall–Kier alpha value is -5.32. The Kier molecular flexibility index (Phi) is 9.22. The third-order valence-corrected chi connectivity index (χ3v) is 10.6. The molecule has 9 nitrogen and oxygen atoms in total. The molecule has 0 bridgehead atoms. The number of carbonyl (C=O) groups excluding carboxylic acids is 2. The van der Waals surface area contributed by atoms with Gasteiger partial charge < -0.3 is 25.8 Å². The predicted octanol–water partition coefficient (Wildman–Crippen LogP) is 7.81. The van der Waals surface area contributed by atoms with Crippen LogP contribution in [0, 0.1) is 13.8 Å². The van der Waals surface area contributed by atoms with Crippen LogP contribution in [0.5, 0.6) is 5.75 Å². The van der Waals surface area contributed by atoms with Gasteiger partial charge in [0.2, 0.25) is 0 Å². The van der Waals surface area contributed by atoms with Crippen LogP contribution < -0.4 is 15.8 Å². The van der Waals surface area contributed by atoms with Gasteiger partial charge >= 0.3 is 5.97 Å². The number of fused-ring (bicyclic) bond motifs is 3. The molecule has 1 fully saturated rings. The SMILES string of the molecule is Cc1cc(CN)cc(C)c1NC(=O)c1cc2c(cc1-c1ccc(C(=O)N3CCCC[C@@H]3c3ccccc3)nc1C(=O)O)OCCc1ccsc1-2. The summed E-state index contributed by atoms with van der Waals surface area (Å²) in [6.45, 7) is 5.19. The van der Waals surface area contributed by atoms with Gasteiger partial charge in [-0.25, -0.2) is 9.78 Å². The number of hydrogen-bond donors (Lipinski definition) is 3. The van der Waals surface area contributed by atoms with Gasteiger partial charge in [0.1, 0.15) is 11.4 Å². The number of carboxylic acid groups (broad SMARTS) is 1. The van der Waals surface area contributed by atoms with Crippen LogP contribution >= 0.6 is 11.3 Å². The maximum absolute atomic E-state index is 14.3. The highest BCUT2D eigenvalue weighted by molar-refractivity contribution is 7.13. The Labute approximate surface area is 294 Å². The summed E-state index contributed by atoms with van der Waals surface area (Å²) >= 11 is 1.57. The van der Waals surface area contributed by atoms with Gasteiger partial charge in [-0.2, -0.15) is 0 Å². The first-order valence-electron chi connectivity index (χ1n) is 16.8. The van der Waals surface area contributed by atoms with E-state index in [2.05, 4.69) is 16.4 Å². The number of aromatic nitrogens is 1. The summed E-state index contributed by atoms with van der Waals surface area (Å²) in [7, 11) is 0.